The maximum atomic E-state index is 13.2. The van der Waals surface area contributed by atoms with E-state index in [1.54, 1.807) is 16.4 Å². The molecule has 1 unspecified atom stereocenters. The SMILES string of the molecule is Cc1ccc(S(=O)(=O)N2[C@H](/C=C/c3ccccc3)[C@H]2c2ccccc2)cc1. The molecule has 3 aromatic carbocycles. The molecule has 0 amide bonds. The van der Waals surface area contributed by atoms with Gasteiger partial charge in [-0.1, -0.05) is 90.5 Å². The summed E-state index contributed by atoms with van der Waals surface area (Å²) in [5.41, 5.74) is 3.11. The third-order valence-electron chi connectivity index (χ3n) is 4.82. The Kier molecular flexibility index (Phi) is 4.68. The van der Waals surface area contributed by atoms with E-state index in [-0.39, 0.29) is 12.1 Å². The summed E-state index contributed by atoms with van der Waals surface area (Å²) in [5.74, 6) is 0. The first-order chi connectivity index (χ1) is 13.1. The Morgan fingerprint density at radius 2 is 1.41 bits per heavy atom. The summed E-state index contributed by atoms with van der Waals surface area (Å²) in [7, 11) is -3.55. The van der Waals surface area contributed by atoms with Gasteiger partial charge in [0, 0.05) is 0 Å². The highest BCUT2D eigenvalue weighted by Crippen LogP contribution is 2.48. The van der Waals surface area contributed by atoms with E-state index < -0.39 is 10.0 Å². The summed E-state index contributed by atoms with van der Waals surface area (Å²) < 4.78 is 28.0. The highest BCUT2D eigenvalue weighted by molar-refractivity contribution is 7.89. The van der Waals surface area contributed by atoms with Crippen LogP contribution in [0.4, 0.5) is 0 Å². The van der Waals surface area contributed by atoms with Crippen LogP contribution in [-0.2, 0) is 10.0 Å². The van der Waals surface area contributed by atoms with Crippen molar-refractivity contribution in [2.75, 3.05) is 0 Å². The van der Waals surface area contributed by atoms with E-state index in [1.807, 2.05) is 91.9 Å². The van der Waals surface area contributed by atoms with E-state index in [2.05, 4.69) is 0 Å². The van der Waals surface area contributed by atoms with Gasteiger partial charge in [0.05, 0.1) is 17.0 Å². The molecule has 136 valence electrons. The van der Waals surface area contributed by atoms with E-state index in [0.717, 1.165) is 16.7 Å². The largest absolute Gasteiger partial charge is 0.244 e. The molecule has 4 rings (SSSR count). The molecule has 1 aliphatic rings. The van der Waals surface area contributed by atoms with Crippen molar-refractivity contribution in [3.8, 4) is 0 Å². The maximum absolute atomic E-state index is 13.2. The molecule has 1 saturated heterocycles. The molecule has 0 bridgehead atoms. The van der Waals surface area contributed by atoms with E-state index in [1.165, 1.54) is 0 Å². The molecule has 0 spiro atoms. The molecule has 1 aliphatic heterocycles. The number of sulfonamides is 1. The highest BCUT2D eigenvalue weighted by atomic mass is 32.2. The van der Waals surface area contributed by atoms with Crippen LogP contribution in [0, 0.1) is 6.92 Å². The third-order valence-corrected chi connectivity index (χ3v) is 6.72. The van der Waals surface area contributed by atoms with Gasteiger partial charge in [0.15, 0.2) is 0 Å². The van der Waals surface area contributed by atoms with Crippen molar-refractivity contribution >= 4 is 16.1 Å². The zero-order valence-corrected chi connectivity index (χ0v) is 15.9. The first-order valence-electron chi connectivity index (χ1n) is 8.96. The van der Waals surface area contributed by atoms with Gasteiger partial charge in [0.1, 0.15) is 0 Å². The Morgan fingerprint density at radius 1 is 0.815 bits per heavy atom. The molecule has 0 aliphatic carbocycles. The quantitative estimate of drug-likeness (QED) is 0.600. The monoisotopic (exact) mass is 375 g/mol. The van der Waals surface area contributed by atoms with Crippen LogP contribution in [0.2, 0.25) is 0 Å². The first-order valence-corrected chi connectivity index (χ1v) is 10.4. The normalized spacial score (nSPS) is 22.0. The zero-order valence-electron chi connectivity index (χ0n) is 15.1. The van der Waals surface area contributed by atoms with Gasteiger partial charge < -0.3 is 0 Å². The van der Waals surface area contributed by atoms with E-state index in [4.69, 9.17) is 0 Å². The van der Waals surface area contributed by atoms with Crippen LogP contribution in [-0.4, -0.2) is 18.8 Å². The van der Waals surface area contributed by atoms with Gasteiger partial charge in [0.2, 0.25) is 10.0 Å². The fraction of sp³-hybridized carbons (Fsp3) is 0.130. The summed E-state index contributed by atoms with van der Waals surface area (Å²) in [4.78, 5) is 0.338. The van der Waals surface area contributed by atoms with Crippen LogP contribution in [0.1, 0.15) is 22.7 Å². The Labute approximate surface area is 160 Å². The lowest BCUT2D eigenvalue weighted by molar-refractivity contribution is 0.550. The molecular weight excluding hydrogens is 354 g/mol. The molecule has 0 aromatic heterocycles. The van der Waals surface area contributed by atoms with E-state index in [9.17, 15) is 8.42 Å². The fourth-order valence-corrected chi connectivity index (χ4v) is 5.05. The molecule has 1 heterocycles. The minimum absolute atomic E-state index is 0.169. The van der Waals surface area contributed by atoms with Crippen molar-refractivity contribution in [1.29, 1.82) is 0 Å². The second-order valence-electron chi connectivity index (χ2n) is 6.76. The molecule has 3 aromatic rings. The minimum Gasteiger partial charge on any atom is -0.207 e. The van der Waals surface area contributed by atoms with Crippen molar-refractivity contribution in [1.82, 2.24) is 4.31 Å². The smallest absolute Gasteiger partial charge is 0.207 e. The summed E-state index contributed by atoms with van der Waals surface area (Å²) in [6.45, 7) is 1.95. The standard InChI is InChI=1S/C23H21NO2S/c1-18-12-15-21(16-13-18)27(25,26)24-22(17-14-19-8-4-2-5-9-19)23(24)20-10-6-3-7-11-20/h2-17,22-23H,1H3/b17-14+/t22-,23-,24?/m1/s1. The van der Waals surface area contributed by atoms with Crippen molar-refractivity contribution in [3.63, 3.8) is 0 Å². The lowest BCUT2D eigenvalue weighted by Gasteiger charge is -2.07. The maximum Gasteiger partial charge on any atom is 0.244 e. The van der Waals surface area contributed by atoms with Gasteiger partial charge in [0.25, 0.3) is 0 Å². The van der Waals surface area contributed by atoms with Gasteiger partial charge in [-0.15, -0.1) is 0 Å². The van der Waals surface area contributed by atoms with Crippen molar-refractivity contribution in [3.05, 3.63) is 108 Å². The lowest BCUT2D eigenvalue weighted by Crippen LogP contribution is -2.14. The average Bonchev–Trinajstić information content (AvgIpc) is 3.44. The van der Waals surface area contributed by atoms with Crippen LogP contribution < -0.4 is 0 Å². The van der Waals surface area contributed by atoms with Crippen LogP contribution in [0.15, 0.2) is 95.9 Å². The fourth-order valence-electron chi connectivity index (χ4n) is 3.33. The average molecular weight is 375 g/mol. The Hall–Kier alpha value is -2.69. The zero-order chi connectivity index (χ0) is 18.9. The molecule has 0 N–H and O–H groups in total. The first kappa shape index (κ1) is 17.7. The number of nitrogens with zero attached hydrogens (tertiary/aromatic N) is 1. The second kappa shape index (κ2) is 7.14. The predicted octanol–water partition coefficient (Wildman–Crippen LogP) is 4.82. The summed E-state index contributed by atoms with van der Waals surface area (Å²) in [6.07, 6.45) is 3.98. The van der Waals surface area contributed by atoms with Gasteiger partial charge in [-0.25, -0.2) is 8.42 Å². The molecule has 3 nitrogen and oxygen atoms in total. The molecule has 3 atom stereocenters. The molecule has 1 fully saturated rings. The number of aryl methyl sites for hydroxylation is 1. The lowest BCUT2D eigenvalue weighted by atomic mass is 10.1. The van der Waals surface area contributed by atoms with E-state index in [0.29, 0.717) is 4.90 Å². The van der Waals surface area contributed by atoms with Crippen molar-refractivity contribution < 1.29 is 8.42 Å². The minimum atomic E-state index is -3.55. The van der Waals surface area contributed by atoms with Gasteiger partial charge in [-0.3, -0.25) is 0 Å². The molecule has 0 saturated carbocycles. The van der Waals surface area contributed by atoms with Crippen LogP contribution in [0.3, 0.4) is 0 Å². The number of hydrogen-bond acceptors (Lipinski definition) is 2. The van der Waals surface area contributed by atoms with Crippen LogP contribution in [0.25, 0.3) is 6.08 Å². The highest BCUT2D eigenvalue weighted by Gasteiger charge is 2.54. The van der Waals surface area contributed by atoms with Crippen LogP contribution >= 0.6 is 0 Å². The molecule has 27 heavy (non-hydrogen) atoms. The van der Waals surface area contributed by atoms with Gasteiger partial charge in [-0.05, 0) is 30.2 Å². The molecule has 0 radical (unpaired) electrons. The number of hydrogen-bond donors (Lipinski definition) is 0. The summed E-state index contributed by atoms with van der Waals surface area (Å²) in [6, 6.07) is 26.4. The molecular formula is C23H21NO2S. The molecule has 4 heteroatoms. The summed E-state index contributed by atoms with van der Waals surface area (Å²) >= 11 is 0. The summed E-state index contributed by atoms with van der Waals surface area (Å²) in [5, 5.41) is 0. The Balaban J connectivity index is 1.68. The third kappa shape index (κ3) is 3.59. The number of rotatable bonds is 5. The predicted molar refractivity (Wildman–Crippen MR) is 109 cm³/mol. The van der Waals surface area contributed by atoms with Gasteiger partial charge in [-0.2, -0.15) is 4.31 Å². The van der Waals surface area contributed by atoms with Crippen molar-refractivity contribution in [2.45, 2.75) is 23.9 Å². The number of benzene rings is 3. The van der Waals surface area contributed by atoms with Crippen molar-refractivity contribution in [2.24, 2.45) is 0 Å². The van der Waals surface area contributed by atoms with Gasteiger partial charge >= 0.3 is 0 Å². The Morgan fingerprint density at radius 3 is 2.04 bits per heavy atom. The second-order valence-corrected chi connectivity index (χ2v) is 8.61. The Bertz CT molecular complexity index is 1040. The topological polar surface area (TPSA) is 37.1 Å². The van der Waals surface area contributed by atoms with Crippen LogP contribution in [0.5, 0.6) is 0 Å². The van der Waals surface area contributed by atoms with E-state index >= 15 is 0 Å².